The van der Waals surface area contributed by atoms with Gasteiger partial charge in [-0.15, -0.1) is 0 Å². The maximum absolute atomic E-state index is 12.8. The number of nitrogens with zero attached hydrogens (tertiary/aromatic N) is 2. The molecule has 0 fully saturated rings. The Bertz CT molecular complexity index is 1130. The van der Waals surface area contributed by atoms with Crippen LogP contribution >= 0.6 is 23.2 Å². The molecule has 0 saturated carbocycles. The van der Waals surface area contributed by atoms with Crippen LogP contribution in [0.1, 0.15) is 11.3 Å². The van der Waals surface area contributed by atoms with Gasteiger partial charge in [0.05, 0.1) is 18.5 Å². The summed E-state index contributed by atoms with van der Waals surface area (Å²) in [7, 11) is 1.48. The Morgan fingerprint density at radius 2 is 1.86 bits per heavy atom. The normalized spacial score (nSPS) is 10.7. The summed E-state index contributed by atoms with van der Waals surface area (Å²) in [6.45, 7) is 3.21. The lowest BCUT2D eigenvalue weighted by Gasteiger charge is -2.15. The van der Waals surface area contributed by atoms with Crippen molar-refractivity contribution in [2.24, 2.45) is 0 Å². The Morgan fingerprint density at radius 3 is 2.52 bits per heavy atom. The lowest BCUT2D eigenvalue weighted by Crippen LogP contribution is -2.30. The molecule has 2 aromatic carbocycles. The summed E-state index contributed by atoms with van der Waals surface area (Å²) in [4.78, 5) is 29.9. The van der Waals surface area contributed by atoms with Crippen molar-refractivity contribution in [3.8, 4) is 17.1 Å². The zero-order valence-corrected chi connectivity index (χ0v) is 17.6. The average molecular weight is 432 g/mol. The van der Waals surface area contributed by atoms with E-state index in [1.54, 1.807) is 19.1 Å². The highest BCUT2D eigenvalue weighted by Gasteiger charge is 2.18. The molecule has 3 rings (SSSR count). The van der Waals surface area contributed by atoms with Crippen LogP contribution in [0.15, 0.2) is 47.3 Å². The Labute approximate surface area is 178 Å². The molecule has 1 aromatic heterocycles. The molecule has 0 atom stereocenters. The molecular formula is C21H19Cl2N3O3. The van der Waals surface area contributed by atoms with Crippen LogP contribution in [0.4, 0.5) is 5.69 Å². The third kappa shape index (κ3) is 4.44. The van der Waals surface area contributed by atoms with Crippen molar-refractivity contribution in [1.82, 2.24) is 9.55 Å². The highest BCUT2D eigenvalue weighted by atomic mass is 35.5. The predicted molar refractivity (Wildman–Crippen MR) is 115 cm³/mol. The van der Waals surface area contributed by atoms with Gasteiger partial charge in [0.2, 0.25) is 5.91 Å². The van der Waals surface area contributed by atoms with Gasteiger partial charge in [0.15, 0.2) is 0 Å². The number of benzene rings is 2. The monoisotopic (exact) mass is 431 g/mol. The van der Waals surface area contributed by atoms with Gasteiger partial charge in [-0.25, -0.2) is 4.98 Å². The summed E-state index contributed by atoms with van der Waals surface area (Å²) < 4.78 is 6.54. The molecule has 0 saturated heterocycles. The molecule has 0 bridgehead atoms. The molecule has 0 radical (unpaired) electrons. The topological polar surface area (TPSA) is 73.2 Å². The fraction of sp³-hybridized carbons (Fsp3) is 0.190. The number of aryl methyl sites for hydroxylation is 2. The van der Waals surface area contributed by atoms with E-state index >= 15 is 0 Å². The van der Waals surface area contributed by atoms with Crippen molar-refractivity contribution >= 4 is 34.8 Å². The van der Waals surface area contributed by atoms with Crippen LogP contribution in [0.2, 0.25) is 10.0 Å². The number of carbonyl (C=O) groups is 1. The van der Waals surface area contributed by atoms with E-state index in [4.69, 9.17) is 27.9 Å². The van der Waals surface area contributed by atoms with Crippen molar-refractivity contribution in [3.63, 3.8) is 0 Å². The highest BCUT2D eigenvalue weighted by molar-refractivity contribution is 6.31. The summed E-state index contributed by atoms with van der Waals surface area (Å²) in [5, 5.41) is 3.27. The van der Waals surface area contributed by atoms with Gasteiger partial charge in [0, 0.05) is 16.7 Å². The van der Waals surface area contributed by atoms with Crippen LogP contribution in [0.3, 0.4) is 0 Å². The van der Waals surface area contributed by atoms with Gasteiger partial charge in [-0.3, -0.25) is 14.2 Å². The van der Waals surface area contributed by atoms with Crippen LogP contribution in [0, 0.1) is 13.8 Å². The minimum absolute atomic E-state index is 0.0163. The predicted octanol–water partition coefficient (Wildman–Crippen LogP) is 4.48. The molecule has 3 aromatic rings. The summed E-state index contributed by atoms with van der Waals surface area (Å²) in [6, 6.07) is 12.5. The second-order valence-corrected chi connectivity index (χ2v) is 7.23. The first-order valence-electron chi connectivity index (χ1n) is 8.78. The molecule has 0 unspecified atom stereocenters. The Balaban J connectivity index is 1.98. The SMILES string of the molecule is COc1cc(Cl)c(C)cc1NC(=O)Cn1c(-c2ccccc2)nc(C)c(Cl)c1=O. The number of aromatic nitrogens is 2. The van der Waals surface area contributed by atoms with E-state index in [1.165, 1.54) is 11.7 Å². The number of ether oxygens (including phenoxy) is 1. The van der Waals surface area contributed by atoms with Crippen LogP contribution in [0.5, 0.6) is 5.75 Å². The van der Waals surface area contributed by atoms with Crippen molar-refractivity contribution < 1.29 is 9.53 Å². The fourth-order valence-electron chi connectivity index (χ4n) is 2.86. The van der Waals surface area contributed by atoms with Gasteiger partial charge in [0.1, 0.15) is 23.1 Å². The Morgan fingerprint density at radius 1 is 1.17 bits per heavy atom. The molecule has 0 spiro atoms. The van der Waals surface area contributed by atoms with Crippen LogP contribution in [0.25, 0.3) is 11.4 Å². The van der Waals surface area contributed by atoms with Crippen LogP contribution in [-0.4, -0.2) is 22.6 Å². The molecule has 0 aliphatic rings. The molecule has 1 amide bonds. The number of hydrogen-bond donors (Lipinski definition) is 1. The minimum atomic E-state index is -0.479. The van der Waals surface area contributed by atoms with Crippen molar-refractivity contribution in [2.45, 2.75) is 20.4 Å². The van der Waals surface area contributed by atoms with Crippen molar-refractivity contribution in [2.75, 3.05) is 12.4 Å². The van der Waals surface area contributed by atoms with Crippen LogP contribution < -0.4 is 15.6 Å². The van der Waals surface area contributed by atoms with E-state index in [1.807, 2.05) is 37.3 Å². The first kappa shape index (κ1) is 20.9. The summed E-state index contributed by atoms with van der Waals surface area (Å²) in [5.74, 6) is 0.363. The zero-order chi connectivity index (χ0) is 21.1. The number of carbonyl (C=O) groups excluding carboxylic acids is 1. The number of anilines is 1. The maximum atomic E-state index is 12.8. The molecule has 0 aliphatic heterocycles. The van der Waals surface area contributed by atoms with Crippen molar-refractivity contribution in [3.05, 3.63) is 74.1 Å². The number of nitrogens with one attached hydrogen (secondary N) is 1. The first-order valence-corrected chi connectivity index (χ1v) is 9.53. The zero-order valence-electron chi connectivity index (χ0n) is 16.1. The van der Waals surface area contributed by atoms with E-state index in [0.29, 0.717) is 33.5 Å². The van der Waals surface area contributed by atoms with Crippen LogP contribution in [-0.2, 0) is 11.3 Å². The molecular weight excluding hydrogens is 413 g/mol. The average Bonchev–Trinajstić information content (AvgIpc) is 2.71. The number of halogens is 2. The van der Waals surface area contributed by atoms with E-state index < -0.39 is 11.5 Å². The second-order valence-electron chi connectivity index (χ2n) is 6.44. The Hall–Kier alpha value is -2.83. The molecule has 6 nitrogen and oxygen atoms in total. The lowest BCUT2D eigenvalue weighted by molar-refractivity contribution is -0.116. The third-order valence-electron chi connectivity index (χ3n) is 4.37. The molecule has 8 heteroatoms. The Kier molecular flexibility index (Phi) is 6.25. The number of methoxy groups -OCH3 is 1. The van der Waals surface area contributed by atoms with Gasteiger partial charge >= 0.3 is 0 Å². The molecule has 1 heterocycles. The smallest absolute Gasteiger partial charge is 0.273 e. The van der Waals surface area contributed by atoms with E-state index in [2.05, 4.69) is 10.3 Å². The number of rotatable bonds is 5. The molecule has 29 heavy (non-hydrogen) atoms. The molecule has 150 valence electrons. The van der Waals surface area contributed by atoms with Gasteiger partial charge in [0.25, 0.3) is 5.56 Å². The number of hydrogen-bond acceptors (Lipinski definition) is 4. The van der Waals surface area contributed by atoms with E-state index in [-0.39, 0.29) is 11.6 Å². The number of amides is 1. The van der Waals surface area contributed by atoms with Crippen molar-refractivity contribution in [1.29, 1.82) is 0 Å². The first-order chi connectivity index (χ1) is 13.8. The third-order valence-corrected chi connectivity index (χ3v) is 5.21. The summed E-state index contributed by atoms with van der Waals surface area (Å²) in [6.07, 6.45) is 0. The maximum Gasteiger partial charge on any atom is 0.273 e. The summed E-state index contributed by atoms with van der Waals surface area (Å²) >= 11 is 12.2. The van der Waals surface area contributed by atoms with E-state index in [0.717, 1.165) is 5.56 Å². The highest BCUT2D eigenvalue weighted by Crippen LogP contribution is 2.31. The lowest BCUT2D eigenvalue weighted by atomic mass is 10.2. The van der Waals surface area contributed by atoms with Gasteiger partial charge in [-0.2, -0.15) is 0 Å². The fourth-order valence-corrected chi connectivity index (χ4v) is 3.15. The minimum Gasteiger partial charge on any atom is -0.495 e. The van der Waals surface area contributed by atoms with Gasteiger partial charge < -0.3 is 10.1 Å². The quantitative estimate of drug-likeness (QED) is 0.645. The van der Waals surface area contributed by atoms with E-state index in [9.17, 15) is 9.59 Å². The van der Waals surface area contributed by atoms with Gasteiger partial charge in [-0.1, -0.05) is 53.5 Å². The largest absolute Gasteiger partial charge is 0.495 e. The molecule has 0 aliphatic carbocycles. The molecule has 1 N–H and O–H groups in total. The van der Waals surface area contributed by atoms with Gasteiger partial charge in [-0.05, 0) is 25.5 Å². The standard InChI is InChI=1S/C21H19Cl2N3O3/c1-12-9-16(17(29-3)10-15(12)22)25-18(27)11-26-20(14-7-5-4-6-8-14)24-13(2)19(23)21(26)28/h4-10H,11H2,1-3H3,(H,25,27). The second kappa shape index (κ2) is 8.68. The summed E-state index contributed by atoms with van der Waals surface area (Å²) in [5.41, 5.74) is 1.87.